The van der Waals surface area contributed by atoms with Crippen molar-refractivity contribution in [3.8, 4) is 28.8 Å². The minimum atomic E-state index is -0.794. The second-order valence-corrected chi connectivity index (χ2v) is 10.0. The van der Waals surface area contributed by atoms with Crippen molar-refractivity contribution in [2.45, 2.75) is 70.0 Å². The van der Waals surface area contributed by atoms with E-state index in [1.54, 1.807) is 6.20 Å². The number of hydrogen-bond acceptors (Lipinski definition) is 7. The van der Waals surface area contributed by atoms with E-state index in [-0.39, 0.29) is 42.4 Å². The predicted octanol–water partition coefficient (Wildman–Crippen LogP) is 5.95. The summed E-state index contributed by atoms with van der Waals surface area (Å²) in [5.74, 6) is 0.215. The van der Waals surface area contributed by atoms with Gasteiger partial charge in [0.1, 0.15) is 29.8 Å². The number of carbonyl (C=O) groups is 1. The van der Waals surface area contributed by atoms with Crippen LogP contribution in [0.5, 0.6) is 17.5 Å². The number of carboxylic acids is 1. The van der Waals surface area contributed by atoms with Crippen LogP contribution < -0.4 is 14.2 Å². The Balaban J connectivity index is 1.37. The third-order valence-electron chi connectivity index (χ3n) is 7.17. The number of halogens is 1. The number of nitrogens with zero attached hydrogens (tertiary/aromatic N) is 3. The van der Waals surface area contributed by atoms with Gasteiger partial charge in [-0.3, -0.25) is 4.79 Å². The van der Waals surface area contributed by atoms with Crippen LogP contribution in [0.25, 0.3) is 11.3 Å². The molecule has 3 aromatic rings. The van der Waals surface area contributed by atoms with Gasteiger partial charge in [0.15, 0.2) is 5.82 Å². The molecule has 200 valence electrons. The van der Waals surface area contributed by atoms with Gasteiger partial charge in [0.05, 0.1) is 25.9 Å². The van der Waals surface area contributed by atoms with Gasteiger partial charge in [-0.2, -0.15) is 0 Å². The minimum Gasteiger partial charge on any atom is -0.487 e. The van der Waals surface area contributed by atoms with Crippen LogP contribution in [-0.2, 0) is 11.4 Å². The molecule has 2 fully saturated rings. The average Bonchev–Trinajstić information content (AvgIpc) is 3.77. The Morgan fingerprint density at radius 1 is 1.11 bits per heavy atom. The van der Waals surface area contributed by atoms with Gasteiger partial charge in [0.25, 0.3) is 0 Å². The fourth-order valence-corrected chi connectivity index (χ4v) is 5.03. The number of methoxy groups -OCH3 is 1. The largest absolute Gasteiger partial charge is 0.487 e. The van der Waals surface area contributed by atoms with E-state index in [4.69, 9.17) is 14.2 Å². The van der Waals surface area contributed by atoms with Crippen LogP contribution in [0.15, 0.2) is 42.7 Å². The van der Waals surface area contributed by atoms with Crippen LogP contribution in [0.1, 0.15) is 68.5 Å². The maximum atomic E-state index is 14.8. The molecular formula is C29H32FN3O5. The number of hydrogen-bond donors (Lipinski definition) is 1. The third kappa shape index (κ3) is 6.38. The van der Waals surface area contributed by atoms with Gasteiger partial charge in [-0.25, -0.2) is 19.3 Å². The number of ether oxygens (including phenoxy) is 3. The molecule has 2 saturated carbocycles. The summed E-state index contributed by atoms with van der Waals surface area (Å²) in [5.41, 5.74) is 2.01. The van der Waals surface area contributed by atoms with E-state index >= 15 is 0 Å². The first-order chi connectivity index (χ1) is 18.5. The molecule has 1 atom stereocenters. The molecule has 9 heteroatoms. The van der Waals surface area contributed by atoms with Crippen LogP contribution in [0.4, 0.5) is 4.39 Å². The normalized spacial score (nSPS) is 16.6. The number of aliphatic carboxylic acids is 1. The van der Waals surface area contributed by atoms with E-state index in [0.717, 1.165) is 50.3 Å². The quantitative estimate of drug-likeness (QED) is 0.330. The molecule has 38 heavy (non-hydrogen) atoms. The Kier molecular flexibility index (Phi) is 8.00. The molecule has 0 saturated heterocycles. The zero-order valence-electron chi connectivity index (χ0n) is 21.4. The molecule has 0 unspecified atom stereocenters. The lowest BCUT2D eigenvalue weighted by atomic mass is 9.91. The standard InChI is InChI=1S/C29H32FN3O5/c1-36-26-13-24(25(30)16-31-26)28-29(38-21-7-3-2-4-8-21)33-20(15-32-28)17-37-22-9-5-6-19(12-22)23(14-27(34)35)18-10-11-18/h5-6,9,12-13,15-16,18,21,23H,2-4,7-8,10-11,14,17H2,1H3,(H,34,35)/t23-/m0/s1. The predicted molar refractivity (Wildman–Crippen MR) is 138 cm³/mol. The molecule has 1 aromatic carbocycles. The van der Waals surface area contributed by atoms with Crippen molar-refractivity contribution in [1.82, 2.24) is 15.0 Å². The number of rotatable bonds is 11. The SMILES string of the molecule is COc1cc(-c2ncc(COc3cccc([C@@H](CC(=O)O)C4CC4)c3)nc2OC2CCCCC2)c(F)cn1. The van der Waals surface area contributed by atoms with Crippen molar-refractivity contribution in [3.63, 3.8) is 0 Å². The number of carboxylic acid groups (broad SMARTS) is 1. The Bertz CT molecular complexity index is 1280. The summed E-state index contributed by atoms with van der Waals surface area (Å²) in [6, 6.07) is 9.08. The van der Waals surface area contributed by atoms with E-state index in [9.17, 15) is 14.3 Å². The van der Waals surface area contributed by atoms with Crippen molar-refractivity contribution < 1.29 is 28.5 Å². The lowest BCUT2D eigenvalue weighted by molar-refractivity contribution is -0.137. The first kappa shape index (κ1) is 25.9. The molecule has 2 heterocycles. The molecule has 2 aliphatic rings. The number of benzene rings is 1. The second-order valence-electron chi connectivity index (χ2n) is 10.0. The summed E-state index contributed by atoms with van der Waals surface area (Å²) in [6.45, 7) is 0.132. The zero-order chi connectivity index (χ0) is 26.5. The van der Waals surface area contributed by atoms with Crippen LogP contribution in [0, 0.1) is 11.7 Å². The molecule has 0 bridgehead atoms. The van der Waals surface area contributed by atoms with Crippen molar-refractivity contribution in [1.29, 1.82) is 0 Å². The summed E-state index contributed by atoms with van der Waals surface area (Å²) in [5, 5.41) is 9.35. The van der Waals surface area contributed by atoms with Gasteiger partial charge in [-0.1, -0.05) is 18.6 Å². The highest BCUT2D eigenvalue weighted by molar-refractivity contribution is 5.68. The molecule has 2 aliphatic carbocycles. The summed E-state index contributed by atoms with van der Waals surface area (Å²) >= 11 is 0. The fourth-order valence-electron chi connectivity index (χ4n) is 5.03. The Morgan fingerprint density at radius 2 is 1.92 bits per heavy atom. The van der Waals surface area contributed by atoms with Gasteiger partial charge < -0.3 is 19.3 Å². The molecule has 0 spiro atoms. The second kappa shape index (κ2) is 11.8. The monoisotopic (exact) mass is 521 g/mol. The van der Waals surface area contributed by atoms with Crippen LogP contribution >= 0.6 is 0 Å². The molecule has 0 aliphatic heterocycles. The summed E-state index contributed by atoms with van der Waals surface area (Å²) in [4.78, 5) is 24.5. The summed E-state index contributed by atoms with van der Waals surface area (Å²) < 4.78 is 32.2. The van der Waals surface area contributed by atoms with Crippen molar-refractivity contribution in [3.05, 3.63) is 59.8 Å². The molecule has 0 radical (unpaired) electrons. The van der Waals surface area contributed by atoms with Gasteiger partial charge in [0, 0.05) is 11.6 Å². The Morgan fingerprint density at radius 3 is 2.66 bits per heavy atom. The van der Waals surface area contributed by atoms with Crippen LogP contribution in [0.3, 0.4) is 0 Å². The first-order valence-corrected chi connectivity index (χ1v) is 13.2. The maximum Gasteiger partial charge on any atom is 0.303 e. The molecular weight excluding hydrogens is 489 g/mol. The van der Waals surface area contributed by atoms with E-state index in [2.05, 4.69) is 15.0 Å². The van der Waals surface area contributed by atoms with E-state index in [1.165, 1.54) is 19.6 Å². The van der Waals surface area contributed by atoms with Crippen LogP contribution in [-0.4, -0.2) is 39.2 Å². The van der Waals surface area contributed by atoms with Crippen LogP contribution in [0.2, 0.25) is 0 Å². The minimum absolute atomic E-state index is 0.00923. The summed E-state index contributed by atoms with van der Waals surface area (Å²) in [6.07, 6.45) is 10.0. The van der Waals surface area contributed by atoms with Gasteiger partial charge in [0.2, 0.25) is 11.8 Å². The van der Waals surface area contributed by atoms with Crippen molar-refractivity contribution in [2.24, 2.45) is 5.92 Å². The molecule has 0 amide bonds. The smallest absolute Gasteiger partial charge is 0.303 e. The highest BCUT2D eigenvalue weighted by Crippen LogP contribution is 2.45. The van der Waals surface area contributed by atoms with Gasteiger partial charge in [-0.15, -0.1) is 0 Å². The topological polar surface area (TPSA) is 104 Å². The van der Waals surface area contributed by atoms with E-state index in [0.29, 0.717) is 23.1 Å². The maximum absolute atomic E-state index is 14.8. The van der Waals surface area contributed by atoms with E-state index < -0.39 is 11.8 Å². The number of aromatic nitrogens is 3. The lowest BCUT2D eigenvalue weighted by Crippen LogP contribution is -2.21. The van der Waals surface area contributed by atoms with Crippen molar-refractivity contribution >= 4 is 5.97 Å². The Labute approximate surface area is 221 Å². The lowest BCUT2D eigenvalue weighted by Gasteiger charge is -2.23. The Hall–Kier alpha value is -3.75. The summed E-state index contributed by atoms with van der Waals surface area (Å²) in [7, 11) is 1.47. The highest BCUT2D eigenvalue weighted by atomic mass is 19.1. The highest BCUT2D eigenvalue weighted by Gasteiger charge is 2.34. The number of pyridine rings is 1. The van der Waals surface area contributed by atoms with Crippen molar-refractivity contribution in [2.75, 3.05) is 7.11 Å². The average molecular weight is 522 g/mol. The first-order valence-electron chi connectivity index (χ1n) is 13.2. The van der Waals surface area contributed by atoms with E-state index in [1.807, 2.05) is 24.3 Å². The van der Waals surface area contributed by atoms with Gasteiger partial charge >= 0.3 is 5.97 Å². The molecule has 8 nitrogen and oxygen atoms in total. The fraction of sp³-hybridized carbons (Fsp3) is 0.448. The zero-order valence-corrected chi connectivity index (χ0v) is 21.4. The van der Waals surface area contributed by atoms with Gasteiger partial charge in [-0.05, 0) is 68.1 Å². The molecule has 1 N–H and O–H groups in total. The third-order valence-corrected chi connectivity index (χ3v) is 7.17. The molecule has 5 rings (SSSR count). The molecule has 2 aromatic heterocycles.